The number of halogens is 1. The number of rotatable bonds is 3. The molecule has 1 aliphatic rings. The number of carbonyl (C=O) groups is 1. The molecule has 0 bridgehead atoms. The van der Waals surface area contributed by atoms with E-state index in [-0.39, 0.29) is 5.91 Å². The number of nitrogens with zero attached hydrogens (tertiary/aromatic N) is 1. The van der Waals surface area contributed by atoms with Gasteiger partial charge < -0.3 is 10.1 Å². The molecule has 1 saturated heterocycles. The van der Waals surface area contributed by atoms with Crippen molar-refractivity contribution >= 4 is 46.2 Å². The zero-order valence-electron chi connectivity index (χ0n) is 13.2. The quantitative estimate of drug-likeness (QED) is 0.819. The summed E-state index contributed by atoms with van der Waals surface area (Å²) in [5.41, 5.74) is 2.76. The third kappa shape index (κ3) is 3.80. The molecule has 122 valence electrons. The molecule has 0 atom stereocenters. The molecule has 0 saturated carbocycles. The normalized spacial score (nSPS) is 17.4. The number of amides is 1. The van der Waals surface area contributed by atoms with Crippen LogP contribution in [0.4, 0.5) is 5.69 Å². The Balaban J connectivity index is 1.83. The fourth-order valence-corrected chi connectivity index (χ4v) is 3.33. The predicted octanol–water partition coefficient (Wildman–Crippen LogP) is 4.55. The molecule has 2 aromatic carbocycles. The third-order valence-electron chi connectivity index (χ3n) is 3.36. The molecule has 1 amide bonds. The second-order valence-corrected chi connectivity index (χ2v) is 6.65. The summed E-state index contributed by atoms with van der Waals surface area (Å²) < 4.78 is 5.13. The number of hydrogen-bond acceptors (Lipinski definition) is 4. The van der Waals surface area contributed by atoms with Gasteiger partial charge in [-0.15, -0.1) is 0 Å². The van der Waals surface area contributed by atoms with Crippen LogP contribution in [0.5, 0.6) is 5.75 Å². The van der Waals surface area contributed by atoms with E-state index in [1.54, 1.807) is 25.3 Å². The van der Waals surface area contributed by atoms with Crippen LogP contribution in [0, 0.1) is 6.92 Å². The number of amidine groups is 1. The average molecular weight is 359 g/mol. The van der Waals surface area contributed by atoms with Gasteiger partial charge in [0, 0.05) is 0 Å². The monoisotopic (exact) mass is 358 g/mol. The first-order valence-electron chi connectivity index (χ1n) is 7.25. The highest BCUT2D eigenvalue weighted by molar-refractivity contribution is 8.18. The van der Waals surface area contributed by atoms with Crippen LogP contribution in [-0.4, -0.2) is 18.2 Å². The number of aliphatic imine (C=N–C) groups is 1. The summed E-state index contributed by atoms with van der Waals surface area (Å²) in [6.45, 7) is 2.00. The summed E-state index contributed by atoms with van der Waals surface area (Å²) in [6, 6.07) is 13.2. The lowest BCUT2D eigenvalue weighted by Crippen LogP contribution is -2.19. The first kappa shape index (κ1) is 16.6. The van der Waals surface area contributed by atoms with E-state index >= 15 is 0 Å². The second-order valence-electron chi connectivity index (χ2n) is 5.21. The van der Waals surface area contributed by atoms with Gasteiger partial charge in [0.15, 0.2) is 5.17 Å². The Morgan fingerprint density at radius 3 is 2.79 bits per heavy atom. The van der Waals surface area contributed by atoms with Gasteiger partial charge in [-0.1, -0.05) is 29.8 Å². The minimum atomic E-state index is -0.168. The standard InChI is InChI=1S/C18H15ClN2O2S/c1-11-4-3-5-13(8-11)20-18-21-17(22)16(24-18)10-12-6-7-15(23-2)14(19)9-12/h3-10H,1-2H3,(H,20,21,22)/b16-10+. The number of aryl methyl sites for hydroxylation is 1. The van der Waals surface area contributed by atoms with Crippen molar-refractivity contribution in [3.63, 3.8) is 0 Å². The molecular formula is C18H15ClN2O2S. The predicted molar refractivity (Wildman–Crippen MR) is 100.0 cm³/mol. The molecule has 3 rings (SSSR count). The van der Waals surface area contributed by atoms with Crippen molar-refractivity contribution < 1.29 is 9.53 Å². The van der Waals surface area contributed by atoms with Gasteiger partial charge in [-0.25, -0.2) is 4.99 Å². The largest absolute Gasteiger partial charge is 0.495 e. The summed E-state index contributed by atoms with van der Waals surface area (Å²) >= 11 is 7.42. The maximum Gasteiger partial charge on any atom is 0.264 e. The average Bonchev–Trinajstić information content (AvgIpc) is 2.87. The summed E-state index contributed by atoms with van der Waals surface area (Å²) in [5.74, 6) is 0.433. The zero-order valence-corrected chi connectivity index (χ0v) is 14.7. The Labute approximate surface area is 149 Å². The summed E-state index contributed by atoms with van der Waals surface area (Å²) in [4.78, 5) is 17.2. The van der Waals surface area contributed by atoms with Gasteiger partial charge in [0.05, 0.1) is 22.7 Å². The van der Waals surface area contributed by atoms with Gasteiger partial charge in [-0.05, 0) is 60.2 Å². The molecular weight excluding hydrogens is 344 g/mol. The first-order valence-corrected chi connectivity index (χ1v) is 8.44. The van der Waals surface area contributed by atoms with Crippen LogP contribution in [0.3, 0.4) is 0 Å². The lowest BCUT2D eigenvalue weighted by molar-refractivity contribution is -0.115. The summed E-state index contributed by atoms with van der Waals surface area (Å²) in [6.07, 6.45) is 1.78. The Morgan fingerprint density at radius 2 is 2.08 bits per heavy atom. The molecule has 2 aromatic rings. The van der Waals surface area contributed by atoms with Gasteiger partial charge in [-0.3, -0.25) is 4.79 Å². The van der Waals surface area contributed by atoms with Crippen molar-refractivity contribution in [2.45, 2.75) is 6.92 Å². The van der Waals surface area contributed by atoms with Crippen molar-refractivity contribution in [1.82, 2.24) is 5.32 Å². The smallest absolute Gasteiger partial charge is 0.264 e. The van der Waals surface area contributed by atoms with Crippen LogP contribution >= 0.6 is 23.4 Å². The number of benzene rings is 2. The lowest BCUT2D eigenvalue weighted by Gasteiger charge is -2.03. The Bertz CT molecular complexity index is 862. The number of ether oxygens (including phenoxy) is 1. The number of nitrogens with one attached hydrogen (secondary N) is 1. The summed E-state index contributed by atoms with van der Waals surface area (Å²) in [5, 5.41) is 3.85. The highest BCUT2D eigenvalue weighted by atomic mass is 35.5. The fourth-order valence-electron chi connectivity index (χ4n) is 2.22. The minimum absolute atomic E-state index is 0.168. The maximum atomic E-state index is 12.1. The molecule has 1 aliphatic heterocycles. The molecule has 0 unspecified atom stereocenters. The second kappa shape index (κ2) is 7.11. The zero-order chi connectivity index (χ0) is 17.1. The van der Waals surface area contributed by atoms with E-state index in [0.717, 1.165) is 16.8 Å². The van der Waals surface area contributed by atoms with Gasteiger partial charge in [0.25, 0.3) is 5.91 Å². The molecule has 6 heteroatoms. The molecule has 0 radical (unpaired) electrons. The van der Waals surface area contributed by atoms with Crippen LogP contribution in [-0.2, 0) is 4.79 Å². The highest BCUT2D eigenvalue weighted by Crippen LogP contribution is 2.30. The molecule has 0 spiro atoms. The molecule has 0 aliphatic carbocycles. The van der Waals surface area contributed by atoms with Gasteiger partial charge >= 0.3 is 0 Å². The molecule has 4 nitrogen and oxygen atoms in total. The number of thioether (sulfide) groups is 1. The highest BCUT2D eigenvalue weighted by Gasteiger charge is 2.23. The van der Waals surface area contributed by atoms with Crippen LogP contribution < -0.4 is 10.1 Å². The van der Waals surface area contributed by atoms with Crippen molar-refractivity contribution in [2.75, 3.05) is 7.11 Å². The van der Waals surface area contributed by atoms with Crippen LogP contribution in [0.1, 0.15) is 11.1 Å². The van der Waals surface area contributed by atoms with E-state index < -0.39 is 0 Å². The summed E-state index contributed by atoms with van der Waals surface area (Å²) in [7, 11) is 1.56. The number of carbonyl (C=O) groups excluding carboxylic acids is 1. The minimum Gasteiger partial charge on any atom is -0.495 e. The molecule has 1 fully saturated rings. The third-order valence-corrected chi connectivity index (χ3v) is 4.56. The number of methoxy groups -OCH3 is 1. The Hall–Kier alpha value is -2.24. The van der Waals surface area contributed by atoms with Gasteiger partial charge in [-0.2, -0.15) is 0 Å². The number of hydrogen-bond donors (Lipinski definition) is 1. The first-order chi connectivity index (χ1) is 11.5. The molecule has 1 heterocycles. The van der Waals surface area contributed by atoms with Crippen LogP contribution in [0.2, 0.25) is 5.02 Å². The van der Waals surface area contributed by atoms with Crippen molar-refractivity contribution in [2.24, 2.45) is 4.99 Å². The fraction of sp³-hybridized carbons (Fsp3) is 0.111. The molecule has 24 heavy (non-hydrogen) atoms. The van der Waals surface area contributed by atoms with Gasteiger partial charge in [0.1, 0.15) is 5.75 Å². The van der Waals surface area contributed by atoms with E-state index in [0.29, 0.717) is 20.8 Å². The van der Waals surface area contributed by atoms with Crippen molar-refractivity contribution in [3.05, 3.63) is 63.5 Å². The Kier molecular flexibility index (Phi) is 4.92. The van der Waals surface area contributed by atoms with E-state index in [2.05, 4.69) is 10.3 Å². The van der Waals surface area contributed by atoms with E-state index in [9.17, 15) is 4.79 Å². The topological polar surface area (TPSA) is 50.7 Å². The lowest BCUT2D eigenvalue weighted by atomic mass is 10.2. The SMILES string of the molecule is COc1ccc(/C=C2/SC(=Nc3cccc(C)c3)NC2=O)cc1Cl. The van der Waals surface area contributed by atoms with Crippen molar-refractivity contribution in [1.29, 1.82) is 0 Å². The maximum absolute atomic E-state index is 12.1. The molecule has 0 aromatic heterocycles. The molecule has 1 N–H and O–H groups in total. The van der Waals surface area contributed by atoms with E-state index in [4.69, 9.17) is 16.3 Å². The van der Waals surface area contributed by atoms with Crippen LogP contribution in [0.25, 0.3) is 6.08 Å². The van der Waals surface area contributed by atoms with E-state index in [1.807, 2.05) is 37.3 Å². The van der Waals surface area contributed by atoms with E-state index in [1.165, 1.54) is 11.8 Å². The van der Waals surface area contributed by atoms with Crippen LogP contribution in [0.15, 0.2) is 52.4 Å². The van der Waals surface area contributed by atoms with Crippen molar-refractivity contribution in [3.8, 4) is 5.75 Å². The Morgan fingerprint density at radius 1 is 1.25 bits per heavy atom. The van der Waals surface area contributed by atoms with Gasteiger partial charge in [0.2, 0.25) is 0 Å².